The van der Waals surface area contributed by atoms with Gasteiger partial charge in [0, 0.05) is 25.6 Å². The zero-order valence-electron chi connectivity index (χ0n) is 23.2. The third-order valence-corrected chi connectivity index (χ3v) is 6.26. The lowest BCUT2D eigenvalue weighted by Gasteiger charge is -2.25. The van der Waals surface area contributed by atoms with Gasteiger partial charge < -0.3 is 9.47 Å². The second kappa shape index (κ2) is 15.7. The number of carbonyl (C=O) groups excluding carboxylic acids is 2. The Hall–Kier alpha value is -3.62. The van der Waals surface area contributed by atoms with E-state index in [-0.39, 0.29) is 17.9 Å². The summed E-state index contributed by atoms with van der Waals surface area (Å²) >= 11 is 0. The smallest absolute Gasteiger partial charge is 0.310 e. The zero-order valence-corrected chi connectivity index (χ0v) is 23.2. The first kappa shape index (κ1) is 29.9. The maximum atomic E-state index is 11.9. The third kappa shape index (κ3) is 10.9. The number of aromatic nitrogens is 2. The molecule has 0 amide bonds. The molecule has 8 nitrogen and oxygen atoms in total. The fraction of sp³-hybridized carbons (Fsp3) is 0.419. The molecule has 2 heterocycles. The summed E-state index contributed by atoms with van der Waals surface area (Å²) in [6.45, 7) is 10.3. The number of hydrogen-bond donors (Lipinski definition) is 0. The van der Waals surface area contributed by atoms with Crippen molar-refractivity contribution in [2.45, 2.75) is 46.6 Å². The lowest BCUT2D eigenvalue weighted by atomic mass is 10.1. The summed E-state index contributed by atoms with van der Waals surface area (Å²) in [6, 6.07) is 19.1. The molecular formula is C31H39N3O5. The molecule has 0 spiro atoms. The van der Waals surface area contributed by atoms with Crippen molar-refractivity contribution in [2.75, 3.05) is 39.5 Å². The Morgan fingerprint density at radius 2 is 1.67 bits per heavy atom. The van der Waals surface area contributed by atoms with Crippen molar-refractivity contribution in [3.8, 4) is 0 Å². The van der Waals surface area contributed by atoms with Gasteiger partial charge in [-0.3, -0.25) is 19.3 Å². The molecule has 39 heavy (non-hydrogen) atoms. The molecule has 4 rings (SSSR count). The topological polar surface area (TPSA) is 90.7 Å². The molecule has 1 saturated heterocycles. The Labute approximate surface area is 230 Å². The number of carbonyl (C=O) groups is 2. The van der Waals surface area contributed by atoms with E-state index in [9.17, 15) is 14.4 Å². The maximum Gasteiger partial charge on any atom is 0.310 e. The van der Waals surface area contributed by atoms with Gasteiger partial charge in [-0.1, -0.05) is 54.1 Å². The Morgan fingerprint density at radius 3 is 2.41 bits per heavy atom. The second-order valence-electron chi connectivity index (χ2n) is 9.69. The molecule has 0 atom stereocenters. The summed E-state index contributed by atoms with van der Waals surface area (Å²) in [5.74, 6) is 0.0823. The largest absolute Gasteiger partial charge is 0.466 e. The number of ketones is 1. The number of esters is 1. The fourth-order valence-electron chi connectivity index (χ4n) is 4.29. The van der Waals surface area contributed by atoms with E-state index >= 15 is 0 Å². The molecule has 208 valence electrons. The molecule has 1 aromatic heterocycles. The molecule has 0 radical (unpaired) electrons. The van der Waals surface area contributed by atoms with Crippen molar-refractivity contribution in [2.24, 2.45) is 0 Å². The van der Waals surface area contributed by atoms with Crippen LogP contribution >= 0.6 is 0 Å². The first-order chi connectivity index (χ1) is 18.8. The summed E-state index contributed by atoms with van der Waals surface area (Å²) in [5, 5.41) is 4.20. The molecular weight excluding hydrogens is 494 g/mol. The number of rotatable bonds is 10. The standard InChI is InChI=1S/C16H18N2O3.C15H21NO2/c1-3-21-16(20)10-13-5-4-6-14(9-13)11-18-15(19)8-7-12(2)17-18;1-13-3-2-4-14(11-13)5-6-15(17)12-16-7-9-18-10-8-16/h4-9H,3,10-11H2,1-2H3;2-4,11H,5-10,12H2,1H3. The molecule has 1 aliphatic rings. The van der Waals surface area contributed by atoms with Crippen molar-refractivity contribution < 1.29 is 19.1 Å². The van der Waals surface area contributed by atoms with E-state index in [4.69, 9.17) is 9.47 Å². The lowest BCUT2D eigenvalue weighted by molar-refractivity contribution is -0.142. The number of morpholine rings is 1. The van der Waals surface area contributed by atoms with Crippen LogP contribution in [-0.4, -0.2) is 65.9 Å². The number of benzene rings is 2. The molecule has 0 bridgehead atoms. The number of nitrogens with zero attached hydrogens (tertiary/aromatic N) is 3. The van der Waals surface area contributed by atoms with Crippen LogP contribution in [0.4, 0.5) is 0 Å². The highest BCUT2D eigenvalue weighted by molar-refractivity contribution is 5.80. The van der Waals surface area contributed by atoms with Crippen LogP contribution in [0, 0.1) is 13.8 Å². The number of ether oxygens (including phenoxy) is 2. The maximum absolute atomic E-state index is 11.9. The minimum Gasteiger partial charge on any atom is -0.466 e. The van der Waals surface area contributed by atoms with E-state index in [1.165, 1.54) is 21.9 Å². The number of hydrogen-bond acceptors (Lipinski definition) is 7. The van der Waals surface area contributed by atoms with Crippen LogP contribution in [0.2, 0.25) is 0 Å². The van der Waals surface area contributed by atoms with Crippen molar-refractivity contribution >= 4 is 11.8 Å². The predicted octanol–water partition coefficient (Wildman–Crippen LogP) is 3.53. The van der Waals surface area contributed by atoms with E-state index in [0.717, 1.165) is 49.5 Å². The molecule has 0 saturated carbocycles. The van der Waals surface area contributed by atoms with Crippen LogP contribution in [0.1, 0.15) is 41.3 Å². The Bertz CT molecular complexity index is 1280. The van der Waals surface area contributed by atoms with Crippen LogP contribution < -0.4 is 5.56 Å². The summed E-state index contributed by atoms with van der Waals surface area (Å²) in [7, 11) is 0. The van der Waals surface area contributed by atoms with Gasteiger partial charge in [0.15, 0.2) is 0 Å². The molecule has 8 heteroatoms. The van der Waals surface area contributed by atoms with E-state index in [2.05, 4.69) is 41.2 Å². The Kier molecular flexibility index (Phi) is 12.1. The first-order valence-electron chi connectivity index (χ1n) is 13.5. The van der Waals surface area contributed by atoms with Crippen molar-refractivity contribution in [1.29, 1.82) is 0 Å². The highest BCUT2D eigenvalue weighted by atomic mass is 16.5. The highest BCUT2D eigenvalue weighted by Gasteiger charge is 2.14. The van der Waals surface area contributed by atoms with Crippen molar-refractivity contribution in [3.05, 3.63) is 99.0 Å². The normalized spacial score (nSPS) is 13.3. The quantitative estimate of drug-likeness (QED) is 0.368. The lowest BCUT2D eigenvalue weighted by Crippen LogP contribution is -2.39. The van der Waals surface area contributed by atoms with Gasteiger partial charge in [-0.15, -0.1) is 0 Å². The van der Waals surface area contributed by atoms with E-state index in [1.807, 2.05) is 31.2 Å². The fourth-order valence-corrected chi connectivity index (χ4v) is 4.29. The molecule has 1 fully saturated rings. The number of Topliss-reactive ketones (excluding diaryl/α,β-unsaturated/α-hetero) is 1. The van der Waals surface area contributed by atoms with Crippen molar-refractivity contribution in [3.63, 3.8) is 0 Å². The summed E-state index contributed by atoms with van der Waals surface area (Å²) in [4.78, 5) is 37.3. The zero-order chi connectivity index (χ0) is 28.0. The predicted molar refractivity (Wildman–Crippen MR) is 151 cm³/mol. The van der Waals surface area contributed by atoms with Crippen LogP contribution in [0.3, 0.4) is 0 Å². The molecule has 3 aromatic rings. The van der Waals surface area contributed by atoms with Gasteiger partial charge in [-0.05, 0) is 49.9 Å². The van der Waals surface area contributed by atoms with E-state index < -0.39 is 0 Å². The van der Waals surface area contributed by atoms with Gasteiger partial charge in [-0.25, -0.2) is 4.68 Å². The summed E-state index contributed by atoms with van der Waals surface area (Å²) in [6.07, 6.45) is 1.73. The molecule has 0 unspecified atom stereocenters. The molecule has 0 aliphatic carbocycles. The number of aryl methyl sites for hydroxylation is 3. The van der Waals surface area contributed by atoms with E-state index in [0.29, 0.717) is 31.9 Å². The van der Waals surface area contributed by atoms with Gasteiger partial charge in [0.1, 0.15) is 5.78 Å². The van der Waals surface area contributed by atoms with Crippen molar-refractivity contribution in [1.82, 2.24) is 14.7 Å². The second-order valence-corrected chi connectivity index (χ2v) is 9.69. The molecule has 2 aromatic carbocycles. The summed E-state index contributed by atoms with van der Waals surface area (Å²) in [5.41, 5.74) is 4.95. The van der Waals surface area contributed by atoms with Gasteiger partial charge in [0.25, 0.3) is 5.56 Å². The van der Waals surface area contributed by atoms with Crippen LogP contribution in [0.25, 0.3) is 0 Å². The van der Waals surface area contributed by atoms with Crippen LogP contribution in [0.15, 0.2) is 65.5 Å². The average Bonchev–Trinajstić information content (AvgIpc) is 2.91. The minimum absolute atomic E-state index is 0.142. The monoisotopic (exact) mass is 533 g/mol. The van der Waals surface area contributed by atoms with Gasteiger partial charge in [0.05, 0.1) is 45.0 Å². The first-order valence-corrected chi connectivity index (χ1v) is 13.5. The van der Waals surface area contributed by atoms with Gasteiger partial charge in [-0.2, -0.15) is 5.10 Å². The highest BCUT2D eigenvalue weighted by Crippen LogP contribution is 2.09. The summed E-state index contributed by atoms with van der Waals surface area (Å²) < 4.78 is 11.6. The van der Waals surface area contributed by atoms with Crippen LogP contribution in [-0.2, 0) is 38.4 Å². The molecule has 1 aliphatic heterocycles. The Morgan fingerprint density at radius 1 is 0.949 bits per heavy atom. The average molecular weight is 534 g/mol. The minimum atomic E-state index is -0.250. The SMILES string of the molecule is CCOC(=O)Cc1cccc(Cn2nc(C)ccc2=O)c1.Cc1cccc(CCC(=O)CN2CCOCC2)c1. The van der Waals surface area contributed by atoms with Gasteiger partial charge in [0.2, 0.25) is 0 Å². The third-order valence-electron chi connectivity index (χ3n) is 6.26. The van der Waals surface area contributed by atoms with Crippen LogP contribution in [0.5, 0.6) is 0 Å². The molecule has 0 N–H and O–H groups in total. The van der Waals surface area contributed by atoms with Gasteiger partial charge >= 0.3 is 5.97 Å². The van der Waals surface area contributed by atoms with E-state index in [1.54, 1.807) is 13.0 Å². The Balaban J connectivity index is 0.000000218.